The van der Waals surface area contributed by atoms with E-state index in [1.165, 1.54) is 0 Å². The van der Waals surface area contributed by atoms with Crippen LogP contribution in [0, 0.1) is 5.41 Å². The molecule has 0 aromatic rings. The molecule has 4 aliphatic rings. The van der Waals surface area contributed by atoms with Gasteiger partial charge >= 0.3 is 0 Å². The van der Waals surface area contributed by atoms with Gasteiger partial charge in [0.25, 0.3) is 0 Å². The highest BCUT2D eigenvalue weighted by atomic mass is 35.5. The number of hydrogen-bond acceptors (Lipinski definition) is 3. The van der Waals surface area contributed by atoms with Gasteiger partial charge in [-0.05, 0) is 38.5 Å². The van der Waals surface area contributed by atoms with E-state index in [1.54, 1.807) is 0 Å². The second kappa shape index (κ2) is 2.84. The first kappa shape index (κ1) is 12.2. The number of halogens is 1. The Morgan fingerprint density at radius 1 is 0.765 bits per heavy atom. The maximum absolute atomic E-state index is 10.6. The smallest absolute Gasteiger partial charge is 0.0708 e. The predicted octanol–water partition coefficient (Wildman–Crippen LogP) is 1.56. The molecule has 0 heterocycles. The highest BCUT2D eigenvalue weighted by Crippen LogP contribution is 2.68. The lowest BCUT2D eigenvalue weighted by Crippen LogP contribution is -2.72. The van der Waals surface area contributed by atoms with Gasteiger partial charge in [0.15, 0.2) is 0 Å². The lowest BCUT2D eigenvalue weighted by atomic mass is 9.42. The number of rotatable bonds is 1. The Hall–Kier alpha value is 0.170. The van der Waals surface area contributed by atoms with Crippen LogP contribution in [0.2, 0.25) is 0 Å². The molecule has 17 heavy (non-hydrogen) atoms. The minimum absolute atomic E-state index is 0.360. The molecular formula is C13H21ClO3. The third-order valence-corrected chi connectivity index (χ3v) is 5.64. The lowest BCUT2D eigenvalue weighted by Gasteiger charge is -2.68. The Labute approximate surface area is 107 Å². The topological polar surface area (TPSA) is 60.7 Å². The summed E-state index contributed by atoms with van der Waals surface area (Å²) in [5.41, 5.74) is -3.18. The Morgan fingerprint density at radius 3 is 1.29 bits per heavy atom. The van der Waals surface area contributed by atoms with Crippen LogP contribution in [0.1, 0.15) is 52.4 Å². The summed E-state index contributed by atoms with van der Waals surface area (Å²) in [4.78, 5) is -0.524. The molecular weight excluding hydrogens is 240 g/mol. The van der Waals surface area contributed by atoms with E-state index in [1.807, 2.05) is 13.8 Å². The Balaban J connectivity index is 2.10. The first-order chi connectivity index (χ1) is 7.49. The highest BCUT2D eigenvalue weighted by molar-refractivity contribution is 6.24. The van der Waals surface area contributed by atoms with Gasteiger partial charge in [-0.15, -0.1) is 11.6 Å². The molecule has 0 unspecified atom stereocenters. The third-order valence-electron chi connectivity index (χ3n) is 5.24. The van der Waals surface area contributed by atoms with E-state index in [0.717, 1.165) is 0 Å². The molecule has 4 bridgehead atoms. The van der Waals surface area contributed by atoms with Gasteiger partial charge in [0.1, 0.15) is 0 Å². The molecule has 4 aliphatic carbocycles. The van der Waals surface area contributed by atoms with Crippen LogP contribution < -0.4 is 0 Å². The molecule has 0 saturated heterocycles. The van der Waals surface area contributed by atoms with Crippen molar-refractivity contribution in [3.8, 4) is 0 Å². The van der Waals surface area contributed by atoms with Crippen LogP contribution in [0.5, 0.6) is 0 Å². The van der Waals surface area contributed by atoms with Crippen molar-refractivity contribution < 1.29 is 15.3 Å². The average Bonchev–Trinajstić information content (AvgIpc) is 1.89. The summed E-state index contributed by atoms with van der Waals surface area (Å²) in [5, 5.41) is 31.7. The number of aliphatic hydroxyl groups is 3. The van der Waals surface area contributed by atoms with E-state index in [0.29, 0.717) is 38.5 Å². The third kappa shape index (κ3) is 1.59. The summed E-state index contributed by atoms with van der Waals surface area (Å²) >= 11 is 6.51. The molecule has 4 heteroatoms. The molecule has 0 radical (unpaired) electrons. The van der Waals surface area contributed by atoms with Crippen molar-refractivity contribution in [2.75, 3.05) is 0 Å². The molecule has 4 rings (SSSR count). The quantitative estimate of drug-likeness (QED) is 0.627. The van der Waals surface area contributed by atoms with Crippen molar-refractivity contribution in [1.82, 2.24) is 0 Å². The molecule has 0 amide bonds. The normalized spacial score (nSPS) is 57.5. The summed E-state index contributed by atoms with van der Waals surface area (Å²) in [6.45, 7) is 3.86. The van der Waals surface area contributed by atoms with Gasteiger partial charge < -0.3 is 15.3 Å². The molecule has 3 N–H and O–H groups in total. The van der Waals surface area contributed by atoms with Gasteiger partial charge in [-0.1, -0.05) is 0 Å². The van der Waals surface area contributed by atoms with Crippen LogP contribution in [-0.4, -0.2) is 37.0 Å². The van der Waals surface area contributed by atoms with Gasteiger partial charge in [-0.3, -0.25) is 0 Å². The maximum atomic E-state index is 10.6. The highest BCUT2D eigenvalue weighted by Gasteiger charge is 2.70. The second-order valence-electron chi connectivity index (χ2n) is 7.49. The summed E-state index contributed by atoms with van der Waals surface area (Å²) < 4.78 is 0. The van der Waals surface area contributed by atoms with Crippen LogP contribution in [0.4, 0.5) is 0 Å². The van der Waals surface area contributed by atoms with Crippen molar-refractivity contribution in [2.24, 2.45) is 5.41 Å². The lowest BCUT2D eigenvalue weighted by molar-refractivity contribution is -0.285. The van der Waals surface area contributed by atoms with E-state index in [9.17, 15) is 15.3 Å². The maximum Gasteiger partial charge on any atom is 0.0708 e. The zero-order valence-electron chi connectivity index (χ0n) is 10.5. The van der Waals surface area contributed by atoms with E-state index < -0.39 is 21.7 Å². The summed E-state index contributed by atoms with van der Waals surface area (Å²) in [5.74, 6) is 0. The molecule has 0 aromatic carbocycles. The fourth-order valence-electron chi connectivity index (χ4n) is 5.11. The predicted molar refractivity (Wildman–Crippen MR) is 64.9 cm³/mol. The van der Waals surface area contributed by atoms with E-state index >= 15 is 0 Å². The first-order valence-electron chi connectivity index (χ1n) is 6.35. The molecule has 0 aliphatic heterocycles. The van der Waals surface area contributed by atoms with Gasteiger partial charge in [-0.2, -0.15) is 0 Å². The first-order valence-corrected chi connectivity index (χ1v) is 6.73. The molecule has 4 fully saturated rings. The zero-order chi connectivity index (χ0) is 12.7. The molecule has 0 atom stereocenters. The minimum Gasteiger partial charge on any atom is -0.390 e. The Morgan fingerprint density at radius 2 is 1.06 bits per heavy atom. The van der Waals surface area contributed by atoms with Crippen molar-refractivity contribution in [1.29, 1.82) is 0 Å². The van der Waals surface area contributed by atoms with E-state index in [4.69, 9.17) is 11.6 Å². The number of hydrogen-bond donors (Lipinski definition) is 3. The van der Waals surface area contributed by atoms with Gasteiger partial charge in [0.2, 0.25) is 0 Å². The van der Waals surface area contributed by atoms with Gasteiger partial charge in [0, 0.05) is 24.1 Å². The SMILES string of the molecule is CC(C)(Cl)C12CC3(O)CC(O)(CC(O)(C3)C1)C2. The van der Waals surface area contributed by atoms with Crippen LogP contribution >= 0.6 is 11.6 Å². The molecule has 0 spiro atoms. The molecule has 0 aromatic heterocycles. The van der Waals surface area contributed by atoms with Crippen LogP contribution in [0.25, 0.3) is 0 Å². The zero-order valence-corrected chi connectivity index (χ0v) is 11.2. The number of alkyl halides is 1. The Kier molecular flexibility index (Phi) is 2.04. The second-order valence-corrected chi connectivity index (χ2v) is 8.43. The fraction of sp³-hybridized carbons (Fsp3) is 1.00. The summed E-state index contributed by atoms with van der Waals surface area (Å²) in [6, 6.07) is 0. The van der Waals surface area contributed by atoms with E-state index in [-0.39, 0.29) is 5.41 Å². The molecule has 4 saturated carbocycles. The van der Waals surface area contributed by atoms with Crippen molar-refractivity contribution in [3.63, 3.8) is 0 Å². The molecule has 3 nitrogen and oxygen atoms in total. The standard InChI is InChI=1S/C13H21ClO3/c1-9(2,14)10-3-11(15)6-12(16,4-10)8-13(17,5-10)7-11/h15-17H,3-8H2,1-2H3. The average molecular weight is 261 g/mol. The van der Waals surface area contributed by atoms with E-state index in [2.05, 4.69) is 0 Å². The van der Waals surface area contributed by atoms with Crippen molar-refractivity contribution >= 4 is 11.6 Å². The van der Waals surface area contributed by atoms with Gasteiger partial charge in [0.05, 0.1) is 16.8 Å². The Bertz CT molecular complexity index is 320. The minimum atomic E-state index is -0.940. The van der Waals surface area contributed by atoms with Crippen LogP contribution in [-0.2, 0) is 0 Å². The molecule has 98 valence electrons. The van der Waals surface area contributed by atoms with Crippen molar-refractivity contribution in [3.05, 3.63) is 0 Å². The van der Waals surface area contributed by atoms with Gasteiger partial charge in [-0.25, -0.2) is 0 Å². The van der Waals surface area contributed by atoms with Crippen LogP contribution in [0.15, 0.2) is 0 Å². The van der Waals surface area contributed by atoms with Crippen LogP contribution in [0.3, 0.4) is 0 Å². The summed E-state index contributed by atoms with van der Waals surface area (Å²) in [6.07, 6.45) is 2.95. The summed E-state index contributed by atoms with van der Waals surface area (Å²) in [7, 11) is 0. The monoisotopic (exact) mass is 260 g/mol. The van der Waals surface area contributed by atoms with Crippen molar-refractivity contribution in [2.45, 2.75) is 74.0 Å². The largest absolute Gasteiger partial charge is 0.390 e. The fourth-order valence-corrected chi connectivity index (χ4v) is 5.31.